The van der Waals surface area contributed by atoms with E-state index in [0.717, 1.165) is 25.9 Å². The van der Waals surface area contributed by atoms with Gasteiger partial charge in [0.15, 0.2) is 5.96 Å². The third kappa shape index (κ3) is 6.58. The third-order valence-corrected chi connectivity index (χ3v) is 4.11. The Morgan fingerprint density at radius 3 is 2.67 bits per heavy atom. The second-order valence-corrected chi connectivity index (χ2v) is 5.99. The zero-order chi connectivity index (χ0) is 19.6. The monoisotopic (exact) mass is 384 g/mol. The van der Waals surface area contributed by atoms with Gasteiger partial charge in [-0.2, -0.15) is 8.78 Å². The van der Waals surface area contributed by atoms with E-state index >= 15 is 0 Å². The van der Waals surface area contributed by atoms with E-state index in [9.17, 15) is 13.6 Å². The van der Waals surface area contributed by atoms with Gasteiger partial charge in [0.05, 0.1) is 20.2 Å². The summed E-state index contributed by atoms with van der Waals surface area (Å²) in [5, 5.41) is 6.02. The molecule has 150 valence electrons. The van der Waals surface area contributed by atoms with Gasteiger partial charge in [-0.15, -0.1) is 0 Å². The molecule has 1 amide bonds. The molecule has 0 bridgehead atoms. The topological polar surface area (TPSA) is 75.2 Å². The highest BCUT2D eigenvalue weighted by Crippen LogP contribution is 2.27. The maximum Gasteiger partial charge on any atom is 0.387 e. The molecule has 9 heteroatoms. The molecule has 0 aromatic heterocycles. The van der Waals surface area contributed by atoms with Gasteiger partial charge in [-0.25, -0.2) is 4.99 Å². The molecule has 0 saturated carbocycles. The summed E-state index contributed by atoms with van der Waals surface area (Å²) in [4.78, 5) is 18.3. The number of benzene rings is 1. The van der Waals surface area contributed by atoms with Gasteiger partial charge in [-0.05, 0) is 31.9 Å². The van der Waals surface area contributed by atoms with Crippen molar-refractivity contribution in [1.29, 1.82) is 0 Å². The lowest BCUT2D eigenvalue weighted by molar-refractivity contribution is -0.128. The smallest absolute Gasteiger partial charge is 0.387 e. The highest BCUT2D eigenvalue weighted by Gasteiger charge is 2.18. The summed E-state index contributed by atoms with van der Waals surface area (Å²) in [6.07, 6.45) is 2.06. The van der Waals surface area contributed by atoms with Gasteiger partial charge in [0.1, 0.15) is 11.5 Å². The number of rotatable bonds is 8. The maximum atomic E-state index is 12.6. The zero-order valence-electron chi connectivity index (χ0n) is 15.6. The van der Waals surface area contributed by atoms with E-state index in [1.807, 2.05) is 11.8 Å². The standard InChI is InChI=1S/C18H26F2N4O3/c1-3-21-18(23-12-16(25)24-8-4-5-9-24)22-11-13-6-7-14(26-2)10-15(13)27-17(19)20/h6-7,10,17H,3-5,8-9,11-12H2,1-2H3,(H2,21,22,23). The van der Waals surface area contributed by atoms with Crippen molar-refractivity contribution in [3.63, 3.8) is 0 Å². The van der Waals surface area contributed by atoms with Crippen LogP contribution in [0.2, 0.25) is 0 Å². The fraction of sp³-hybridized carbons (Fsp3) is 0.556. The van der Waals surface area contributed by atoms with Gasteiger partial charge in [-0.1, -0.05) is 0 Å². The van der Waals surface area contributed by atoms with Crippen LogP contribution in [0, 0.1) is 0 Å². The lowest BCUT2D eigenvalue weighted by atomic mass is 10.2. The fourth-order valence-electron chi connectivity index (χ4n) is 2.74. The summed E-state index contributed by atoms with van der Waals surface area (Å²) in [5.41, 5.74) is 0.485. The van der Waals surface area contributed by atoms with Gasteiger partial charge >= 0.3 is 6.61 Å². The van der Waals surface area contributed by atoms with E-state index in [1.54, 1.807) is 12.1 Å². The minimum atomic E-state index is -2.94. The van der Waals surface area contributed by atoms with Crippen LogP contribution in [0.3, 0.4) is 0 Å². The van der Waals surface area contributed by atoms with Crippen molar-refractivity contribution in [3.05, 3.63) is 23.8 Å². The summed E-state index contributed by atoms with van der Waals surface area (Å²) in [5.74, 6) is 0.879. The second-order valence-electron chi connectivity index (χ2n) is 5.99. The Bertz CT molecular complexity index is 649. The number of methoxy groups -OCH3 is 1. The second kappa shape index (κ2) is 10.5. The molecule has 0 atom stereocenters. The van der Waals surface area contributed by atoms with Crippen LogP contribution in [0.1, 0.15) is 25.3 Å². The molecule has 0 aliphatic carbocycles. The first-order chi connectivity index (χ1) is 13.0. The summed E-state index contributed by atoms with van der Waals surface area (Å²) in [6.45, 7) is 1.38. The molecule has 1 aliphatic heterocycles. The normalized spacial score (nSPS) is 14.4. The number of amides is 1. The van der Waals surface area contributed by atoms with Crippen molar-refractivity contribution < 1.29 is 23.0 Å². The van der Waals surface area contributed by atoms with Crippen molar-refractivity contribution >= 4 is 11.9 Å². The Balaban J connectivity index is 2.03. The number of hydrogen-bond donors (Lipinski definition) is 2. The molecule has 1 heterocycles. The zero-order valence-corrected chi connectivity index (χ0v) is 15.6. The summed E-state index contributed by atoms with van der Waals surface area (Å²) in [6, 6.07) is 4.67. The number of aliphatic imine (C=N–C) groups is 1. The predicted octanol–water partition coefficient (Wildman–Crippen LogP) is 1.97. The van der Waals surface area contributed by atoms with Gasteiger partial charge in [-0.3, -0.25) is 4.79 Å². The molecule has 1 aliphatic rings. The van der Waals surface area contributed by atoms with Crippen molar-refractivity contribution in [1.82, 2.24) is 15.5 Å². The highest BCUT2D eigenvalue weighted by molar-refractivity contribution is 5.86. The summed E-state index contributed by atoms with van der Waals surface area (Å²) in [7, 11) is 1.45. The predicted molar refractivity (Wildman–Crippen MR) is 98.3 cm³/mol. The van der Waals surface area contributed by atoms with Gasteiger partial charge in [0.2, 0.25) is 5.91 Å². The van der Waals surface area contributed by atoms with E-state index in [2.05, 4.69) is 20.4 Å². The van der Waals surface area contributed by atoms with Crippen LogP contribution in [-0.4, -0.2) is 56.7 Å². The van der Waals surface area contributed by atoms with E-state index in [-0.39, 0.29) is 24.7 Å². The molecule has 27 heavy (non-hydrogen) atoms. The average molecular weight is 384 g/mol. The first-order valence-electron chi connectivity index (χ1n) is 8.95. The van der Waals surface area contributed by atoms with Crippen LogP contribution >= 0.6 is 0 Å². The number of carbonyl (C=O) groups excluding carboxylic acids is 1. The third-order valence-electron chi connectivity index (χ3n) is 4.11. The number of nitrogens with zero attached hydrogens (tertiary/aromatic N) is 2. The molecule has 1 aromatic carbocycles. The summed E-state index contributed by atoms with van der Waals surface area (Å²) < 4.78 is 34.9. The Kier molecular flexibility index (Phi) is 8.09. The SMILES string of the molecule is CCNC(=NCc1ccc(OC)cc1OC(F)F)NCC(=O)N1CCCC1. The highest BCUT2D eigenvalue weighted by atomic mass is 19.3. The Morgan fingerprint density at radius 1 is 1.30 bits per heavy atom. The molecule has 1 aromatic rings. The lowest BCUT2D eigenvalue weighted by Crippen LogP contribution is -2.44. The van der Waals surface area contributed by atoms with Crippen LogP contribution in [0.4, 0.5) is 8.78 Å². The molecule has 2 rings (SSSR count). The first-order valence-corrected chi connectivity index (χ1v) is 8.95. The number of ether oxygens (including phenoxy) is 2. The minimum Gasteiger partial charge on any atom is -0.497 e. The Labute approximate surface area is 157 Å². The molecular formula is C18H26F2N4O3. The van der Waals surface area contributed by atoms with Crippen LogP contribution in [-0.2, 0) is 11.3 Å². The van der Waals surface area contributed by atoms with Crippen LogP contribution < -0.4 is 20.1 Å². The Hall–Kier alpha value is -2.58. The van der Waals surface area contributed by atoms with Crippen molar-refractivity contribution in [2.45, 2.75) is 32.9 Å². The molecule has 0 spiro atoms. The molecule has 0 unspecified atom stereocenters. The fourth-order valence-corrected chi connectivity index (χ4v) is 2.74. The van der Waals surface area contributed by atoms with Gasteiger partial charge in [0, 0.05) is 31.3 Å². The van der Waals surface area contributed by atoms with Gasteiger partial charge < -0.3 is 25.0 Å². The van der Waals surface area contributed by atoms with Crippen molar-refractivity contribution in [2.24, 2.45) is 4.99 Å². The van der Waals surface area contributed by atoms with E-state index in [4.69, 9.17) is 4.74 Å². The van der Waals surface area contributed by atoms with Crippen LogP contribution in [0.25, 0.3) is 0 Å². The number of alkyl halides is 2. The van der Waals surface area contributed by atoms with E-state index in [1.165, 1.54) is 13.2 Å². The molecule has 7 nitrogen and oxygen atoms in total. The number of carbonyl (C=O) groups is 1. The average Bonchev–Trinajstić information content (AvgIpc) is 3.18. The largest absolute Gasteiger partial charge is 0.497 e. The quantitative estimate of drug-likeness (QED) is 0.530. The molecule has 1 fully saturated rings. The number of guanidine groups is 1. The van der Waals surface area contributed by atoms with E-state index < -0.39 is 6.61 Å². The van der Waals surface area contributed by atoms with Gasteiger partial charge in [0.25, 0.3) is 0 Å². The number of likely N-dealkylation sites (tertiary alicyclic amines) is 1. The maximum absolute atomic E-state index is 12.6. The van der Waals surface area contributed by atoms with Crippen LogP contribution in [0.15, 0.2) is 23.2 Å². The van der Waals surface area contributed by atoms with Crippen LogP contribution in [0.5, 0.6) is 11.5 Å². The number of nitrogens with one attached hydrogen (secondary N) is 2. The van der Waals surface area contributed by atoms with E-state index in [0.29, 0.717) is 23.8 Å². The number of halogens is 2. The molecule has 2 N–H and O–H groups in total. The minimum absolute atomic E-state index is 0.0112. The number of hydrogen-bond acceptors (Lipinski definition) is 4. The molecule has 0 radical (unpaired) electrons. The van der Waals surface area contributed by atoms with Crippen molar-refractivity contribution in [3.8, 4) is 11.5 Å². The molecule has 1 saturated heterocycles. The molecular weight excluding hydrogens is 358 g/mol. The lowest BCUT2D eigenvalue weighted by Gasteiger charge is -2.17. The first kappa shape index (κ1) is 20.7. The Morgan fingerprint density at radius 2 is 2.04 bits per heavy atom. The van der Waals surface area contributed by atoms with Crippen molar-refractivity contribution in [2.75, 3.05) is 33.3 Å². The summed E-state index contributed by atoms with van der Waals surface area (Å²) >= 11 is 0.